The van der Waals surface area contributed by atoms with Gasteiger partial charge >= 0.3 is 0 Å². The third-order valence-corrected chi connectivity index (χ3v) is 6.51. The molecular formula is C27H36N2O4. The SMILES string of the molecule is COc1cccc(CN(C(=O)COc2cccc(C)c2C)[C@@H](C)C(=O)NC2CCCCC2)c1. The van der Waals surface area contributed by atoms with Crippen LogP contribution in [0.3, 0.4) is 0 Å². The van der Waals surface area contributed by atoms with Crippen molar-refractivity contribution in [2.24, 2.45) is 0 Å². The molecule has 1 saturated carbocycles. The minimum Gasteiger partial charge on any atom is -0.497 e. The van der Waals surface area contributed by atoms with E-state index in [1.807, 2.05) is 56.3 Å². The van der Waals surface area contributed by atoms with Crippen LogP contribution in [0.1, 0.15) is 55.7 Å². The molecule has 1 fully saturated rings. The molecule has 1 N–H and O–H groups in total. The Morgan fingerprint density at radius 3 is 2.55 bits per heavy atom. The Kier molecular flexibility index (Phi) is 8.75. The molecule has 178 valence electrons. The second-order valence-electron chi connectivity index (χ2n) is 8.88. The van der Waals surface area contributed by atoms with Gasteiger partial charge in [-0.25, -0.2) is 0 Å². The van der Waals surface area contributed by atoms with Crippen LogP contribution in [-0.2, 0) is 16.1 Å². The molecule has 1 aliphatic rings. The Hall–Kier alpha value is -3.02. The fourth-order valence-corrected chi connectivity index (χ4v) is 4.22. The molecule has 6 nitrogen and oxygen atoms in total. The molecule has 0 unspecified atom stereocenters. The lowest BCUT2D eigenvalue weighted by Crippen LogP contribution is -2.51. The van der Waals surface area contributed by atoms with Crippen molar-refractivity contribution < 1.29 is 19.1 Å². The molecule has 0 aliphatic heterocycles. The van der Waals surface area contributed by atoms with E-state index in [0.717, 1.165) is 42.4 Å². The lowest BCUT2D eigenvalue weighted by Gasteiger charge is -2.31. The van der Waals surface area contributed by atoms with Gasteiger partial charge in [0.05, 0.1) is 7.11 Å². The van der Waals surface area contributed by atoms with Crippen molar-refractivity contribution in [3.63, 3.8) is 0 Å². The highest BCUT2D eigenvalue weighted by Gasteiger charge is 2.28. The maximum atomic E-state index is 13.3. The minimum atomic E-state index is -0.618. The molecule has 2 aromatic rings. The molecule has 33 heavy (non-hydrogen) atoms. The Balaban J connectivity index is 1.74. The predicted octanol–water partition coefficient (Wildman–Crippen LogP) is 4.56. The number of nitrogens with zero attached hydrogens (tertiary/aromatic N) is 1. The van der Waals surface area contributed by atoms with E-state index in [2.05, 4.69) is 5.32 Å². The lowest BCUT2D eigenvalue weighted by atomic mass is 9.95. The van der Waals surface area contributed by atoms with Crippen LogP contribution >= 0.6 is 0 Å². The summed E-state index contributed by atoms with van der Waals surface area (Å²) in [5.74, 6) is 1.05. The average molecular weight is 453 g/mol. The van der Waals surface area contributed by atoms with Gasteiger partial charge in [0.2, 0.25) is 5.91 Å². The molecule has 1 atom stereocenters. The van der Waals surface area contributed by atoms with Crippen molar-refractivity contribution in [3.8, 4) is 11.5 Å². The molecule has 2 aromatic carbocycles. The Morgan fingerprint density at radius 2 is 1.82 bits per heavy atom. The van der Waals surface area contributed by atoms with E-state index in [9.17, 15) is 9.59 Å². The van der Waals surface area contributed by atoms with Gasteiger partial charge in [-0.05, 0) is 68.5 Å². The molecule has 0 bridgehead atoms. The Morgan fingerprint density at radius 1 is 1.09 bits per heavy atom. The minimum absolute atomic E-state index is 0.120. The molecule has 6 heteroatoms. The number of nitrogens with one attached hydrogen (secondary N) is 1. The summed E-state index contributed by atoms with van der Waals surface area (Å²) in [7, 11) is 1.61. The van der Waals surface area contributed by atoms with Crippen LogP contribution in [0.15, 0.2) is 42.5 Å². The van der Waals surface area contributed by atoms with Gasteiger partial charge in [-0.3, -0.25) is 9.59 Å². The topological polar surface area (TPSA) is 67.9 Å². The average Bonchev–Trinajstić information content (AvgIpc) is 2.83. The first kappa shape index (κ1) is 24.6. The molecule has 0 aromatic heterocycles. The van der Waals surface area contributed by atoms with Gasteiger partial charge < -0.3 is 19.7 Å². The number of amides is 2. The zero-order chi connectivity index (χ0) is 23.8. The van der Waals surface area contributed by atoms with Crippen molar-refractivity contribution in [2.75, 3.05) is 13.7 Å². The summed E-state index contributed by atoms with van der Waals surface area (Å²) in [6.07, 6.45) is 5.49. The summed E-state index contributed by atoms with van der Waals surface area (Å²) >= 11 is 0. The predicted molar refractivity (Wildman–Crippen MR) is 129 cm³/mol. The first-order chi connectivity index (χ1) is 15.9. The van der Waals surface area contributed by atoms with Crippen molar-refractivity contribution in [1.82, 2.24) is 10.2 Å². The zero-order valence-electron chi connectivity index (χ0n) is 20.2. The highest BCUT2D eigenvalue weighted by atomic mass is 16.5. The van der Waals surface area contributed by atoms with Crippen molar-refractivity contribution >= 4 is 11.8 Å². The molecule has 1 aliphatic carbocycles. The summed E-state index contributed by atoms with van der Waals surface area (Å²) in [6.45, 7) is 5.94. The van der Waals surface area contributed by atoms with Crippen LogP contribution < -0.4 is 14.8 Å². The van der Waals surface area contributed by atoms with Gasteiger partial charge in [0, 0.05) is 12.6 Å². The number of rotatable bonds is 9. The second-order valence-corrected chi connectivity index (χ2v) is 8.88. The number of aryl methyl sites for hydroxylation is 1. The third-order valence-electron chi connectivity index (χ3n) is 6.51. The standard InChI is InChI=1S/C27H36N2O4/c1-19-10-8-15-25(20(19)2)33-18-26(30)29(17-22-11-9-14-24(16-22)32-4)21(3)27(31)28-23-12-6-5-7-13-23/h8-11,14-16,21,23H,5-7,12-13,17-18H2,1-4H3,(H,28,31)/t21-/m0/s1. The molecule has 0 heterocycles. The third kappa shape index (κ3) is 6.73. The van der Waals surface area contributed by atoms with E-state index in [1.165, 1.54) is 6.42 Å². The van der Waals surface area contributed by atoms with Gasteiger partial charge in [0.15, 0.2) is 6.61 Å². The molecule has 3 rings (SSSR count). The van der Waals surface area contributed by atoms with E-state index >= 15 is 0 Å². The van der Waals surface area contributed by atoms with Crippen LogP contribution in [0, 0.1) is 13.8 Å². The van der Waals surface area contributed by atoms with Gasteiger partial charge in [0.1, 0.15) is 17.5 Å². The number of benzene rings is 2. The van der Waals surface area contributed by atoms with Crippen LogP contribution in [0.4, 0.5) is 0 Å². The first-order valence-electron chi connectivity index (χ1n) is 11.8. The van der Waals surface area contributed by atoms with E-state index in [-0.39, 0.29) is 24.5 Å². The monoisotopic (exact) mass is 452 g/mol. The van der Waals surface area contributed by atoms with Crippen molar-refractivity contribution in [1.29, 1.82) is 0 Å². The van der Waals surface area contributed by atoms with E-state index < -0.39 is 6.04 Å². The summed E-state index contributed by atoms with van der Waals surface area (Å²) in [6, 6.07) is 12.9. The molecular weight excluding hydrogens is 416 g/mol. The van der Waals surface area contributed by atoms with E-state index in [1.54, 1.807) is 18.9 Å². The maximum Gasteiger partial charge on any atom is 0.261 e. The Bertz CT molecular complexity index is 953. The smallest absolute Gasteiger partial charge is 0.261 e. The quantitative estimate of drug-likeness (QED) is 0.606. The van der Waals surface area contributed by atoms with Crippen LogP contribution in [0.25, 0.3) is 0 Å². The Labute approximate surface area is 197 Å². The highest BCUT2D eigenvalue weighted by Crippen LogP contribution is 2.22. The fraction of sp³-hybridized carbons (Fsp3) is 0.481. The number of hydrogen-bond acceptors (Lipinski definition) is 4. The molecule has 0 spiro atoms. The largest absolute Gasteiger partial charge is 0.497 e. The number of hydrogen-bond donors (Lipinski definition) is 1. The summed E-state index contributed by atoms with van der Waals surface area (Å²) in [5.41, 5.74) is 3.01. The van der Waals surface area contributed by atoms with Crippen LogP contribution in [0.5, 0.6) is 11.5 Å². The van der Waals surface area contributed by atoms with Gasteiger partial charge in [-0.15, -0.1) is 0 Å². The molecule has 0 radical (unpaired) electrons. The van der Waals surface area contributed by atoms with Crippen LogP contribution in [-0.4, -0.2) is 42.5 Å². The summed E-state index contributed by atoms with van der Waals surface area (Å²) in [5, 5.41) is 3.15. The van der Waals surface area contributed by atoms with Crippen LogP contribution in [0.2, 0.25) is 0 Å². The van der Waals surface area contributed by atoms with E-state index in [0.29, 0.717) is 18.0 Å². The van der Waals surface area contributed by atoms with Crippen molar-refractivity contribution in [2.45, 2.75) is 71.5 Å². The van der Waals surface area contributed by atoms with Gasteiger partial charge in [-0.2, -0.15) is 0 Å². The zero-order valence-corrected chi connectivity index (χ0v) is 20.2. The van der Waals surface area contributed by atoms with Crippen molar-refractivity contribution in [3.05, 3.63) is 59.2 Å². The molecule has 2 amide bonds. The summed E-state index contributed by atoms with van der Waals surface area (Å²) in [4.78, 5) is 28.0. The van der Waals surface area contributed by atoms with Gasteiger partial charge in [-0.1, -0.05) is 43.5 Å². The normalized spacial score (nSPS) is 14.9. The van der Waals surface area contributed by atoms with E-state index in [4.69, 9.17) is 9.47 Å². The summed E-state index contributed by atoms with van der Waals surface area (Å²) < 4.78 is 11.2. The second kappa shape index (κ2) is 11.7. The fourth-order valence-electron chi connectivity index (χ4n) is 4.22. The first-order valence-corrected chi connectivity index (χ1v) is 11.8. The number of carbonyl (C=O) groups is 2. The molecule has 0 saturated heterocycles. The number of methoxy groups -OCH3 is 1. The maximum absolute atomic E-state index is 13.3. The highest BCUT2D eigenvalue weighted by molar-refractivity contribution is 5.88. The number of ether oxygens (including phenoxy) is 2. The lowest BCUT2D eigenvalue weighted by molar-refractivity contribution is -0.142. The van der Waals surface area contributed by atoms with Gasteiger partial charge in [0.25, 0.3) is 5.91 Å². The number of carbonyl (C=O) groups excluding carboxylic acids is 2.